The van der Waals surface area contributed by atoms with Crippen molar-refractivity contribution in [1.82, 2.24) is 9.97 Å². The number of benzene rings is 3. The van der Waals surface area contributed by atoms with E-state index < -0.39 is 10.7 Å². The van der Waals surface area contributed by atoms with Crippen molar-refractivity contribution < 1.29 is 14.1 Å². The van der Waals surface area contributed by atoms with Crippen LogP contribution in [0.5, 0.6) is 5.75 Å². The van der Waals surface area contributed by atoms with Crippen LogP contribution in [0.15, 0.2) is 72.8 Å². The summed E-state index contributed by atoms with van der Waals surface area (Å²) >= 11 is 0. The number of nitro groups is 1. The van der Waals surface area contributed by atoms with Crippen LogP contribution in [0, 0.1) is 15.9 Å². The highest BCUT2D eigenvalue weighted by Gasteiger charge is 2.21. The van der Waals surface area contributed by atoms with Crippen LogP contribution in [-0.4, -0.2) is 22.0 Å². The quantitative estimate of drug-likeness (QED) is 0.363. The molecule has 0 atom stereocenters. The Kier molecular flexibility index (Phi) is 4.78. The van der Waals surface area contributed by atoms with Crippen molar-refractivity contribution in [2.75, 3.05) is 7.11 Å². The van der Waals surface area contributed by atoms with E-state index >= 15 is 0 Å². The van der Waals surface area contributed by atoms with Crippen molar-refractivity contribution in [2.24, 2.45) is 0 Å². The van der Waals surface area contributed by atoms with Crippen LogP contribution in [-0.2, 0) is 0 Å². The van der Waals surface area contributed by atoms with Gasteiger partial charge in [-0.3, -0.25) is 10.1 Å². The summed E-state index contributed by atoms with van der Waals surface area (Å²) in [6.07, 6.45) is 0. The molecule has 0 aliphatic heterocycles. The van der Waals surface area contributed by atoms with Gasteiger partial charge in [0.1, 0.15) is 17.4 Å². The van der Waals surface area contributed by atoms with Gasteiger partial charge in [-0.25, -0.2) is 9.37 Å². The summed E-state index contributed by atoms with van der Waals surface area (Å²) in [5.74, 6) is 0.348. The number of nitrogens with one attached hydrogen (secondary N) is 1. The van der Waals surface area contributed by atoms with E-state index in [2.05, 4.69) is 9.97 Å². The Morgan fingerprint density at radius 2 is 1.72 bits per heavy atom. The minimum atomic E-state index is -0.473. The Morgan fingerprint density at radius 3 is 2.41 bits per heavy atom. The van der Waals surface area contributed by atoms with Crippen LogP contribution < -0.4 is 4.74 Å². The minimum absolute atomic E-state index is 0.0816. The molecule has 0 amide bonds. The third kappa shape index (κ3) is 3.45. The molecular weight excluding hydrogens is 373 g/mol. The molecular formula is C22H16FN3O3. The van der Waals surface area contributed by atoms with Crippen molar-refractivity contribution >= 4 is 5.69 Å². The molecule has 1 heterocycles. The monoisotopic (exact) mass is 389 g/mol. The second kappa shape index (κ2) is 7.55. The molecule has 4 aromatic rings. The lowest BCUT2D eigenvalue weighted by Crippen LogP contribution is -1.94. The van der Waals surface area contributed by atoms with Crippen LogP contribution >= 0.6 is 0 Å². The number of non-ortho nitro benzene ring substituents is 1. The van der Waals surface area contributed by atoms with E-state index in [0.29, 0.717) is 34.1 Å². The van der Waals surface area contributed by atoms with Gasteiger partial charge in [0.15, 0.2) is 0 Å². The predicted molar refractivity (Wildman–Crippen MR) is 108 cm³/mol. The topological polar surface area (TPSA) is 81.0 Å². The van der Waals surface area contributed by atoms with Gasteiger partial charge >= 0.3 is 0 Å². The van der Waals surface area contributed by atoms with Gasteiger partial charge in [0.2, 0.25) is 0 Å². The average molecular weight is 389 g/mol. The van der Waals surface area contributed by atoms with Gasteiger partial charge in [-0.1, -0.05) is 42.5 Å². The van der Waals surface area contributed by atoms with Gasteiger partial charge in [0.05, 0.1) is 29.0 Å². The Bertz CT molecular complexity index is 1190. The highest BCUT2D eigenvalue weighted by molar-refractivity contribution is 5.84. The summed E-state index contributed by atoms with van der Waals surface area (Å²) in [6.45, 7) is 0. The fourth-order valence-corrected chi connectivity index (χ4v) is 3.16. The molecule has 0 aliphatic carbocycles. The maximum Gasteiger partial charge on any atom is 0.270 e. The van der Waals surface area contributed by atoms with Gasteiger partial charge in [0.25, 0.3) is 5.69 Å². The summed E-state index contributed by atoms with van der Waals surface area (Å²) in [5, 5.41) is 11.3. The number of aromatic amines is 1. The molecule has 7 heteroatoms. The summed E-state index contributed by atoms with van der Waals surface area (Å²) < 4.78 is 19.8. The molecule has 144 valence electrons. The first-order chi connectivity index (χ1) is 14.1. The SMILES string of the molecule is COc1ccc([N+](=O)[O-])cc1-c1[nH]c(-c2ccccc2F)nc1-c1ccccc1. The molecule has 3 aromatic carbocycles. The zero-order chi connectivity index (χ0) is 20.4. The lowest BCUT2D eigenvalue weighted by molar-refractivity contribution is -0.384. The second-order valence-corrected chi connectivity index (χ2v) is 6.30. The molecule has 0 unspecified atom stereocenters. The largest absolute Gasteiger partial charge is 0.496 e. The Labute approximate surface area is 165 Å². The van der Waals surface area contributed by atoms with Crippen molar-refractivity contribution in [3.8, 4) is 39.7 Å². The number of methoxy groups -OCH3 is 1. The molecule has 6 nitrogen and oxygen atoms in total. The van der Waals surface area contributed by atoms with Gasteiger partial charge < -0.3 is 9.72 Å². The summed E-state index contributed by atoms with van der Waals surface area (Å²) in [6, 6.07) is 20.0. The molecule has 0 aliphatic rings. The van der Waals surface area contributed by atoms with Gasteiger partial charge in [-0.15, -0.1) is 0 Å². The first-order valence-electron chi connectivity index (χ1n) is 8.81. The maximum absolute atomic E-state index is 14.4. The highest BCUT2D eigenvalue weighted by Crippen LogP contribution is 2.39. The Balaban J connectivity index is 1.99. The van der Waals surface area contributed by atoms with Crippen molar-refractivity contribution in [1.29, 1.82) is 0 Å². The van der Waals surface area contributed by atoms with E-state index in [1.54, 1.807) is 18.2 Å². The standard InChI is InChI=1S/C22H16FN3O3/c1-29-19-12-11-15(26(27)28)13-17(19)21-20(14-7-3-2-4-8-14)24-22(25-21)16-9-5-6-10-18(16)23/h2-13H,1H3,(H,24,25). The third-order valence-electron chi connectivity index (χ3n) is 4.54. The van der Waals surface area contributed by atoms with E-state index in [1.807, 2.05) is 30.3 Å². The van der Waals surface area contributed by atoms with E-state index in [0.717, 1.165) is 5.56 Å². The Morgan fingerprint density at radius 1 is 1.00 bits per heavy atom. The number of ether oxygens (including phenoxy) is 1. The van der Waals surface area contributed by atoms with Gasteiger partial charge in [-0.05, 0) is 18.2 Å². The molecule has 0 bridgehead atoms. The molecule has 29 heavy (non-hydrogen) atoms. The normalized spacial score (nSPS) is 10.7. The second-order valence-electron chi connectivity index (χ2n) is 6.30. The summed E-state index contributed by atoms with van der Waals surface area (Å²) in [5.41, 5.74) is 2.53. The zero-order valence-corrected chi connectivity index (χ0v) is 15.4. The summed E-state index contributed by atoms with van der Waals surface area (Å²) in [7, 11) is 1.49. The average Bonchev–Trinajstić information content (AvgIpc) is 3.19. The molecule has 0 fully saturated rings. The smallest absolute Gasteiger partial charge is 0.270 e. The number of hydrogen-bond acceptors (Lipinski definition) is 4. The number of aromatic nitrogens is 2. The predicted octanol–water partition coefficient (Wildman–Crippen LogP) is 5.47. The van der Waals surface area contributed by atoms with Crippen molar-refractivity contribution in [2.45, 2.75) is 0 Å². The molecule has 0 spiro atoms. The number of nitrogens with zero attached hydrogens (tertiary/aromatic N) is 2. The minimum Gasteiger partial charge on any atom is -0.496 e. The van der Waals surface area contributed by atoms with Crippen LogP contribution in [0.1, 0.15) is 0 Å². The third-order valence-corrected chi connectivity index (χ3v) is 4.54. The molecule has 4 rings (SSSR count). The Hall–Kier alpha value is -4.00. The van der Waals surface area contributed by atoms with Crippen LogP contribution in [0.2, 0.25) is 0 Å². The number of rotatable bonds is 5. The molecule has 0 radical (unpaired) electrons. The number of halogens is 1. The van der Waals surface area contributed by atoms with Crippen LogP contribution in [0.3, 0.4) is 0 Å². The van der Waals surface area contributed by atoms with Gasteiger partial charge in [0, 0.05) is 23.3 Å². The maximum atomic E-state index is 14.4. The van der Waals surface area contributed by atoms with Gasteiger partial charge in [-0.2, -0.15) is 0 Å². The van der Waals surface area contributed by atoms with E-state index in [4.69, 9.17) is 4.74 Å². The molecule has 1 aromatic heterocycles. The molecule has 0 saturated heterocycles. The summed E-state index contributed by atoms with van der Waals surface area (Å²) in [4.78, 5) is 18.6. The number of imidazole rings is 1. The molecule has 0 saturated carbocycles. The number of hydrogen-bond donors (Lipinski definition) is 1. The van der Waals surface area contributed by atoms with Crippen LogP contribution in [0.25, 0.3) is 33.9 Å². The van der Waals surface area contributed by atoms with E-state index in [9.17, 15) is 14.5 Å². The fourth-order valence-electron chi connectivity index (χ4n) is 3.16. The lowest BCUT2D eigenvalue weighted by Gasteiger charge is -2.09. The first-order valence-corrected chi connectivity index (χ1v) is 8.81. The van der Waals surface area contributed by atoms with E-state index in [-0.39, 0.29) is 5.69 Å². The number of nitro benzene ring substituents is 1. The molecule has 1 N–H and O–H groups in total. The van der Waals surface area contributed by atoms with Crippen molar-refractivity contribution in [3.63, 3.8) is 0 Å². The zero-order valence-electron chi connectivity index (χ0n) is 15.4. The van der Waals surface area contributed by atoms with E-state index in [1.165, 1.54) is 31.4 Å². The van der Waals surface area contributed by atoms with Crippen LogP contribution in [0.4, 0.5) is 10.1 Å². The lowest BCUT2D eigenvalue weighted by atomic mass is 10.0. The fraction of sp³-hybridized carbons (Fsp3) is 0.0455. The van der Waals surface area contributed by atoms with Crippen molar-refractivity contribution in [3.05, 3.63) is 88.7 Å². The number of H-pyrrole nitrogens is 1. The first kappa shape index (κ1) is 18.4. The highest BCUT2D eigenvalue weighted by atomic mass is 19.1.